The number of carboxylic acid groups (broad SMARTS) is 1. The third-order valence-electron chi connectivity index (χ3n) is 3.62. The molecule has 0 bridgehead atoms. The molecule has 1 aromatic carbocycles. The molecule has 3 nitrogen and oxygen atoms in total. The van der Waals surface area contributed by atoms with Gasteiger partial charge in [0.2, 0.25) is 0 Å². The van der Waals surface area contributed by atoms with Gasteiger partial charge >= 0.3 is 5.97 Å². The molecule has 1 N–H and O–H groups in total. The summed E-state index contributed by atoms with van der Waals surface area (Å²) in [5.41, 5.74) is 2.48. The van der Waals surface area contributed by atoms with Crippen LogP contribution in [0.25, 0.3) is 0 Å². The van der Waals surface area contributed by atoms with E-state index in [0.29, 0.717) is 11.8 Å². The molecule has 0 saturated heterocycles. The molecule has 0 unspecified atom stereocenters. The number of rotatable bonds is 12. The topological polar surface area (TPSA) is 40.5 Å². The lowest BCUT2D eigenvalue weighted by molar-refractivity contribution is -0.137. The predicted molar refractivity (Wildman–Crippen MR) is 94.5 cm³/mol. The van der Waals surface area contributed by atoms with Crippen molar-refractivity contribution in [2.24, 2.45) is 0 Å². The minimum absolute atomic E-state index is 0.283. The second-order valence-electron chi connectivity index (χ2n) is 5.34. The van der Waals surface area contributed by atoms with E-state index in [0.717, 1.165) is 50.9 Å². The van der Waals surface area contributed by atoms with Crippen molar-refractivity contribution in [3.8, 4) is 0 Å². The third kappa shape index (κ3) is 7.90. The molecular weight excluding hydrogens is 321 g/mol. The monoisotopic (exact) mass is 345 g/mol. The predicted octanol–water partition coefficient (Wildman–Crippen LogP) is 4.55. The van der Waals surface area contributed by atoms with Gasteiger partial charge in [-0.15, -0.1) is 23.2 Å². The van der Waals surface area contributed by atoms with Crippen molar-refractivity contribution < 1.29 is 9.90 Å². The first-order valence-electron chi connectivity index (χ1n) is 7.85. The van der Waals surface area contributed by atoms with Crippen LogP contribution in [0.3, 0.4) is 0 Å². The molecule has 0 aliphatic carbocycles. The molecular formula is C17H25Cl2NO2. The number of aliphatic carboxylic acids is 1. The first-order chi connectivity index (χ1) is 10.7. The van der Waals surface area contributed by atoms with Crippen LogP contribution in [0, 0.1) is 0 Å². The lowest BCUT2D eigenvalue weighted by atomic mass is 10.0. The highest BCUT2D eigenvalue weighted by Crippen LogP contribution is 2.17. The van der Waals surface area contributed by atoms with Gasteiger partial charge in [-0.2, -0.15) is 0 Å². The Morgan fingerprint density at radius 2 is 1.55 bits per heavy atom. The van der Waals surface area contributed by atoms with Crippen molar-refractivity contribution in [3.05, 3.63) is 29.8 Å². The van der Waals surface area contributed by atoms with Gasteiger partial charge in [0.15, 0.2) is 0 Å². The molecule has 0 spiro atoms. The maximum atomic E-state index is 10.4. The van der Waals surface area contributed by atoms with Crippen molar-refractivity contribution in [2.45, 2.75) is 38.5 Å². The Morgan fingerprint density at radius 3 is 2.09 bits per heavy atom. The summed E-state index contributed by atoms with van der Waals surface area (Å²) in [7, 11) is 0. The number of unbranched alkanes of at least 4 members (excludes halogenated alkanes) is 3. The van der Waals surface area contributed by atoms with Crippen LogP contribution in [0.2, 0.25) is 0 Å². The first kappa shape index (κ1) is 19.1. The molecule has 0 amide bonds. The standard InChI is InChI=1S/C17H25Cl2NO2/c18-11-13-20(14-12-19)16-9-7-15(8-10-16)5-3-1-2-4-6-17(21)22/h7-10H,1-6,11-14H2,(H,21,22). The van der Waals surface area contributed by atoms with E-state index >= 15 is 0 Å². The number of hydrogen-bond donors (Lipinski definition) is 1. The van der Waals surface area contributed by atoms with E-state index in [4.69, 9.17) is 28.3 Å². The molecule has 0 fully saturated rings. The Hall–Kier alpha value is -0.930. The van der Waals surface area contributed by atoms with Crippen LogP contribution in [-0.4, -0.2) is 35.9 Å². The molecule has 5 heteroatoms. The van der Waals surface area contributed by atoms with Crippen LogP contribution in [0.1, 0.15) is 37.7 Å². The summed E-state index contributed by atoms with van der Waals surface area (Å²) >= 11 is 11.6. The molecule has 124 valence electrons. The molecule has 0 aliphatic heterocycles. The quantitative estimate of drug-likeness (QED) is 0.446. The Morgan fingerprint density at radius 1 is 0.955 bits per heavy atom. The second kappa shape index (κ2) is 11.6. The van der Waals surface area contributed by atoms with Crippen molar-refractivity contribution in [2.75, 3.05) is 29.7 Å². The number of carbonyl (C=O) groups is 1. The molecule has 0 radical (unpaired) electrons. The van der Waals surface area contributed by atoms with Crippen LogP contribution in [-0.2, 0) is 11.2 Å². The Kier molecular flexibility index (Phi) is 10.1. The minimum Gasteiger partial charge on any atom is -0.481 e. The van der Waals surface area contributed by atoms with Crippen molar-refractivity contribution in [1.29, 1.82) is 0 Å². The zero-order valence-corrected chi connectivity index (χ0v) is 14.5. The smallest absolute Gasteiger partial charge is 0.303 e. The SMILES string of the molecule is O=C(O)CCCCCCc1ccc(N(CCCl)CCCl)cc1. The number of nitrogens with zero attached hydrogens (tertiary/aromatic N) is 1. The zero-order chi connectivity index (χ0) is 16.2. The van der Waals surface area contributed by atoms with Crippen LogP contribution >= 0.6 is 23.2 Å². The van der Waals surface area contributed by atoms with Crippen molar-refractivity contribution in [1.82, 2.24) is 0 Å². The maximum Gasteiger partial charge on any atom is 0.303 e. The van der Waals surface area contributed by atoms with Crippen LogP contribution < -0.4 is 4.90 Å². The number of alkyl halides is 2. The van der Waals surface area contributed by atoms with Gasteiger partial charge in [-0.1, -0.05) is 25.0 Å². The van der Waals surface area contributed by atoms with Gasteiger partial charge in [-0.05, 0) is 37.0 Å². The summed E-state index contributed by atoms with van der Waals surface area (Å²) < 4.78 is 0. The van der Waals surface area contributed by atoms with E-state index in [-0.39, 0.29) is 6.42 Å². The average molecular weight is 346 g/mol. The summed E-state index contributed by atoms with van der Waals surface area (Å²) in [5.74, 6) is 0.485. The fraction of sp³-hybridized carbons (Fsp3) is 0.588. The number of halogens is 2. The van der Waals surface area contributed by atoms with Crippen molar-refractivity contribution in [3.63, 3.8) is 0 Å². The molecule has 0 aromatic heterocycles. The summed E-state index contributed by atoms with van der Waals surface area (Å²) in [6.45, 7) is 1.61. The van der Waals surface area contributed by atoms with Gasteiger partial charge in [0, 0.05) is 37.0 Å². The highest BCUT2D eigenvalue weighted by atomic mass is 35.5. The van der Waals surface area contributed by atoms with E-state index in [1.807, 2.05) is 0 Å². The van der Waals surface area contributed by atoms with Gasteiger partial charge < -0.3 is 10.0 Å². The summed E-state index contributed by atoms with van der Waals surface area (Å²) in [6, 6.07) is 8.56. The fourth-order valence-electron chi connectivity index (χ4n) is 2.41. The molecule has 22 heavy (non-hydrogen) atoms. The van der Waals surface area contributed by atoms with Crippen LogP contribution in [0.15, 0.2) is 24.3 Å². The highest BCUT2D eigenvalue weighted by molar-refractivity contribution is 6.18. The number of aryl methyl sites for hydroxylation is 1. The average Bonchev–Trinajstić information content (AvgIpc) is 2.51. The maximum absolute atomic E-state index is 10.4. The summed E-state index contributed by atoms with van der Waals surface area (Å²) in [6.07, 6.45) is 5.28. The molecule has 0 aliphatic rings. The van der Waals surface area contributed by atoms with Gasteiger partial charge in [0.05, 0.1) is 0 Å². The Balaban J connectivity index is 2.33. The normalized spacial score (nSPS) is 10.6. The molecule has 0 saturated carbocycles. The van der Waals surface area contributed by atoms with Gasteiger partial charge in [-0.25, -0.2) is 0 Å². The minimum atomic E-state index is -0.700. The third-order valence-corrected chi connectivity index (χ3v) is 3.95. The van der Waals surface area contributed by atoms with E-state index in [1.54, 1.807) is 0 Å². The number of carboxylic acids is 1. The van der Waals surface area contributed by atoms with Gasteiger partial charge in [-0.3, -0.25) is 4.79 Å². The van der Waals surface area contributed by atoms with E-state index in [2.05, 4.69) is 29.2 Å². The zero-order valence-electron chi connectivity index (χ0n) is 12.9. The van der Waals surface area contributed by atoms with Gasteiger partial charge in [0.1, 0.15) is 0 Å². The lowest BCUT2D eigenvalue weighted by Gasteiger charge is -2.23. The molecule has 1 rings (SSSR count). The first-order valence-corrected chi connectivity index (χ1v) is 8.92. The summed E-state index contributed by atoms with van der Waals surface area (Å²) in [5, 5.41) is 8.57. The van der Waals surface area contributed by atoms with Crippen LogP contribution in [0.5, 0.6) is 0 Å². The largest absolute Gasteiger partial charge is 0.481 e. The molecule has 0 heterocycles. The van der Waals surface area contributed by atoms with Crippen molar-refractivity contribution >= 4 is 34.9 Å². The number of hydrogen-bond acceptors (Lipinski definition) is 2. The number of anilines is 1. The lowest BCUT2D eigenvalue weighted by Crippen LogP contribution is -2.27. The summed E-state index contributed by atoms with van der Waals surface area (Å²) in [4.78, 5) is 12.6. The fourth-order valence-corrected chi connectivity index (χ4v) is 2.81. The highest BCUT2D eigenvalue weighted by Gasteiger charge is 2.05. The Labute approximate surface area is 143 Å². The second-order valence-corrected chi connectivity index (χ2v) is 6.10. The van der Waals surface area contributed by atoms with E-state index in [9.17, 15) is 4.79 Å². The molecule has 1 aromatic rings. The van der Waals surface area contributed by atoms with E-state index < -0.39 is 5.97 Å². The van der Waals surface area contributed by atoms with Gasteiger partial charge in [0.25, 0.3) is 0 Å². The van der Waals surface area contributed by atoms with Crippen LogP contribution in [0.4, 0.5) is 5.69 Å². The number of benzene rings is 1. The molecule has 0 atom stereocenters. The van der Waals surface area contributed by atoms with E-state index in [1.165, 1.54) is 5.56 Å². The Bertz CT molecular complexity index is 417.